The van der Waals surface area contributed by atoms with Crippen molar-refractivity contribution in [3.63, 3.8) is 0 Å². The second kappa shape index (κ2) is 4.81. The molecule has 102 valence electrons. The van der Waals surface area contributed by atoms with Crippen molar-refractivity contribution in [1.29, 1.82) is 0 Å². The van der Waals surface area contributed by atoms with Gasteiger partial charge in [0.25, 0.3) is 5.56 Å². The summed E-state index contributed by atoms with van der Waals surface area (Å²) in [5.41, 5.74) is 1.48. The lowest BCUT2D eigenvalue weighted by Gasteiger charge is -2.09. The van der Waals surface area contributed by atoms with Crippen molar-refractivity contribution in [3.05, 3.63) is 46.2 Å². The molecule has 0 radical (unpaired) electrons. The molecule has 0 aliphatic rings. The van der Waals surface area contributed by atoms with Crippen LogP contribution in [0.15, 0.2) is 35.1 Å². The van der Waals surface area contributed by atoms with Gasteiger partial charge in [-0.15, -0.1) is 0 Å². The lowest BCUT2D eigenvalue weighted by Crippen LogP contribution is -2.17. The van der Waals surface area contributed by atoms with Crippen molar-refractivity contribution in [3.8, 4) is 0 Å². The van der Waals surface area contributed by atoms with Gasteiger partial charge in [-0.25, -0.2) is 8.42 Å². The van der Waals surface area contributed by atoms with Crippen LogP contribution in [0.25, 0.3) is 10.9 Å². The van der Waals surface area contributed by atoms with Gasteiger partial charge in [0.05, 0.1) is 16.5 Å². The number of aryl methyl sites for hydroxylation is 1. The third-order valence-corrected chi connectivity index (χ3v) is 5.45. The monoisotopic (exact) mass is 279 g/mol. The Morgan fingerprint density at radius 1 is 1.16 bits per heavy atom. The van der Waals surface area contributed by atoms with Crippen LogP contribution in [0.4, 0.5) is 0 Å². The van der Waals surface area contributed by atoms with Gasteiger partial charge in [0.1, 0.15) is 0 Å². The van der Waals surface area contributed by atoms with Crippen LogP contribution in [0, 0.1) is 0 Å². The molecular weight excluding hydrogens is 262 g/mol. The molecule has 0 saturated heterocycles. The minimum atomic E-state index is -3.11. The summed E-state index contributed by atoms with van der Waals surface area (Å²) < 4.78 is 25.4. The first kappa shape index (κ1) is 13.8. The standard InChI is InChI=1S/C14H17NO3S/c1-10(2)19(17,18)9-11-4-6-13-12(8-11)5-7-14(16)15(13)3/h4-8,10H,9H2,1-3H3. The van der Waals surface area contributed by atoms with Gasteiger partial charge < -0.3 is 4.57 Å². The molecule has 0 N–H and O–H groups in total. The number of rotatable bonds is 3. The molecule has 2 rings (SSSR count). The molecule has 5 heteroatoms. The Kier molecular flexibility index (Phi) is 3.49. The Morgan fingerprint density at radius 2 is 1.84 bits per heavy atom. The Balaban J connectivity index is 2.49. The van der Waals surface area contributed by atoms with Gasteiger partial charge in [-0.2, -0.15) is 0 Å². The second-order valence-electron chi connectivity index (χ2n) is 4.98. The van der Waals surface area contributed by atoms with Crippen molar-refractivity contribution in [2.75, 3.05) is 0 Å². The molecule has 1 aromatic heterocycles. The largest absolute Gasteiger partial charge is 0.311 e. The highest BCUT2D eigenvalue weighted by Gasteiger charge is 2.16. The topological polar surface area (TPSA) is 56.1 Å². The summed E-state index contributed by atoms with van der Waals surface area (Å²) in [5, 5.41) is 0.488. The molecule has 0 aliphatic carbocycles. The van der Waals surface area contributed by atoms with Gasteiger partial charge in [0, 0.05) is 13.1 Å². The van der Waals surface area contributed by atoms with Crippen molar-refractivity contribution < 1.29 is 8.42 Å². The van der Waals surface area contributed by atoms with Gasteiger partial charge in [-0.05, 0) is 43.0 Å². The number of hydrogen-bond donors (Lipinski definition) is 0. The van der Waals surface area contributed by atoms with E-state index in [4.69, 9.17) is 0 Å². The molecule has 0 aliphatic heterocycles. The summed E-state index contributed by atoms with van der Waals surface area (Å²) in [7, 11) is -1.40. The Bertz CT molecular complexity index is 773. The maximum Gasteiger partial charge on any atom is 0.250 e. The smallest absolute Gasteiger partial charge is 0.250 e. The molecule has 1 heterocycles. The normalized spacial score (nSPS) is 12.2. The zero-order valence-electron chi connectivity index (χ0n) is 11.3. The quantitative estimate of drug-likeness (QED) is 0.861. The first-order chi connectivity index (χ1) is 8.81. The molecule has 0 unspecified atom stereocenters. The fourth-order valence-electron chi connectivity index (χ4n) is 1.92. The molecule has 4 nitrogen and oxygen atoms in total. The number of nitrogens with zero attached hydrogens (tertiary/aromatic N) is 1. The molecule has 0 amide bonds. The molecule has 0 atom stereocenters. The van der Waals surface area contributed by atoms with Crippen LogP contribution < -0.4 is 5.56 Å². The van der Waals surface area contributed by atoms with Crippen molar-refractivity contribution in [2.24, 2.45) is 7.05 Å². The van der Waals surface area contributed by atoms with Crippen LogP contribution in [-0.4, -0.2) is 18.2 Å². The lowest BCUT2D eigenvalue weighted by atomic mass is 10.1. The number of aromatic nitrogens is 1. The molecule has 0 spiro atoms. The molecule has 2 aromatic rings. The lowest BCUT2D eigenvalue weighted by molar-refractivity contribution is 0.586. The van der Waals surface area contributed by atoms with Gasteiger partial charge in [-0.1, -0.05) is 6.07 Å². The number of fused-ring (bicyclic) bond motifs is 1. The third kappa shape index (κ3) is 2.71. The van der Waals surface area contributed by atoms with E-state index in [0.717, 1.165) is 16.5 Å². The average Bonchev–Trinajstić information content (AvgIpc) is 2.33. The van der Waals surface area contributed by atoms with E-state index in [-0.39, 0.29) is 16.6 Å². The minimum absolute atomic E-state index is 0.0312. The molecule has 0 fully saturated rings. The number of benzene rings is 1. The van der Waals surface area contributed by atoms with E-state index in [0.29, 0.717) is 0 Å². The summed E-state index contributed by atoms with van der Waals surface area (Å²) in [6.07, 6.45) is 0. The number of hydrogen-bond acceptors (Lipinski definition) is 3. The van der Waals surface area contributed by atoms with Gasteiger partial charge >= 0.3 is 0 Å². The Hall–Kier alpha value is -1.62. The van der Waals surface area contributed by atoms with E-state index >= 15 is 0 Å². The zero-order valence-corrected chi connectivity index (χ0v) is 12.1. The van der Waals surface area contributed by atoms with Crippen molar-refractivity contribution in [1.82, 2.24) is 4.57 Å². The first-order valence-corrected chi connectivity index (χ1v) is 7.83. The summed E-state index contributed by atoms with van der Waals surface area (Å²) in [6, 6.07) is 8.60. The van der Waals surface area contributed by atoms with E-state index in [1.165, 1.54) is 6.07 Å². The fraction of sp³-hybridized carbons (Fsp3) is 0.357. The van der Waals surface area contributed by atoms with Crippen LogP contribution in [-0.2, 0) is 22.6 Å². The second-order valence-corrected chi connectivity index (χ2v) is 7.54. The van der Waals surface area contributed by atoms with Crippen LogP contribution in [0.2, 0.25) is 0 Å². The fourth-order valence-corrected chi connectivity index (χ4v) is 2.90. The zero-order chi connectivity index (χ0) is 14.2. The highest BCUT2D eigenvalue weighted by atomic mass is 32.2. The summed E-state index contributed by atoms with van der Waals surface area (Å²) in [5.74, 6) is 0.0312. The Morgan fingerprint density at radius 3 is 2.47 bits per heavy atom. The minimum Gasteiger partial charge on any atom is -0.311 e. The summed E-state index contributed by atoms with van der Waals surface area (Å²) in [4.78, 5) is 11.5. The van der Waals surface area contributed by atoms with E-state index in [1.807, 2.05) is 6.07 Å². The molecular formula is C14H17NO3S. The SMILES string of the molecule is CC(C)S(=O)(=O)Cc1ccc2c(ccc(=O)n2C)c1. The molecule has 1 aromatic carbocycles. The van der Waals surface area contributed by atoms with Crippen LogP contribution >= 0.6 is 0 Å². The van der Waals surface area contributed by atoms with Crippen molar-refractivity contribution in [2.45, 2.75) is 24.9 Å². The van der Waals surface area contributed by atoms with Crippen molar-refractivity contribution >= 4 is 20.7 Å². The maximum absolute atomic E-state index is 11.9. The highest BCUT2D eigenvalue weighted by molar-refractivity contribution is 7.91. The van der Waals surface area contributed by atoms with Crippen LogP contribution in [0.3, 0.4) is 0 Å². The van der Waals surface area contributed by atoms with Crippen LogP contribution in [0.1, 0.15) is 19.4 Å². The third-order valence-electron chi connectivity index (χ3n) is 3.28. The summed E-state index contributed by atoms with van der Waals surface area (Å²) in [6.45, 7) is 3.36. The molecule has 19 heavy (non-hydrogen) atoms. The van der Waals surface area contributed by atoms with E-state index < -0.39 is 9.84 Å². The molecule has 0 saturated carbocycles. The predicted molar refractivity (Wildman–Crippen MR) is 76.9 cm³/mol. The van der Waals surface area contributed by atoms with Gasteiger partial charge in [0.15, 0.2) is 9.84 Å². The molecule has 0 bridgehead atoms. The summed E-state index contributed by atoms with van der Waals surface area (Å²) >= 11 is 0. The average molecular weight is 279 g/mol. The van der Waals surface area contributed by atoms with E-state index in [1.54, 1.807) is 43.7 Å². The van der Waals surface area contributed by atoms with Crippen LogP contribution in [0.5, 0.6) is 0 Å². The number of pyridine rings is 1. The predicted octanol–water partition coefficient (Wildman–Crippen LogP) is 1.86. The Labute approximate surface area is 112 Å². The maximum atomic E-state index is 11.9. The number of sulfone groups is 1. The van der Waals surface area contributed by atoms with E-state index in [2.05, 4.69) is 0 Å². The van der Waals surface area contributed by atoms with Gasteiger partial charge in [0.2, 0.25) is 0 Å². The van der Waals surface area contributed by atoms with Gasteiger partial charge in [-0.3, -0.25) is 4.79 Å². The first-order valence-electron chi connectivity index (χ1n) is 6.11. The highest BCUT2D eigenvalue weighted by Crippen LogP contribution is 2.17. The van der Waals surface area contributed by atoms with E-state index in [9.17, 15) is 13.2 Å².